The van der Waals surface area contributed by atoms with Crippen LogP contribution in [0.3, 0.4) is 0 Å². The van der Waals surface area contributed by atoms with Crippen molar-refractivity contribution in [1.82, 2.24) is 19.9 Å². The van der Waals surface area contributed by atoms with Crippen LogP contribution >= 0.6 is 0 Å². The molecule has 6 nitrogen and oxygen atoms in total. The zero-order chi connectivity index (χ0) is 14.7. The lowest BCUT2D eigenvalue weighted by molar-refractivity contribution is 0.327. The number of terminal acetylenes is 1. The summed E-state index contributed by atoms with van der Waals surface area (Å²) in [4.78, 5) is 15.5. The molecule has 1 aromatic carbocycles. The molecular formula is C15H13N5O. The topological polar surface area (TPSA) is 89.7 Å². The summed E-state index contributed by atoms with van der Waals surface area (Å²) in [5.74, 6) is 4.22. The highest BCUT2D eigenvalue weighted by molar-refractivity contribution is 5.75. The number of nitrogens with one attached hydrogen (secondary N) is 1. The Labute approximate surface area is 121 Å². The van der Waals surface area contributed by atoms with Crippen molar-refractivity contribution in [2.24, 2.45) is 0 Å². The van der Waals surface area contributed by atoms with Crippen LogP contribution in [-0.4, -0.2) is 26.5 Å². The van der Waals surface area contributed by atoms with Crippen LogP contribution in [0.25, 0.3) is 22.6 Å². The first-order valence-corrected chi connectivity index (χ1v) is 6.41. The van der Waals surface area contributed by atoms with Gasteiger partial charge in [0.15, 0.2) is 5.65 Å². The molecular weight excluding hydrogens is 266 g/mol. The molecule has 0 atom stereocenters. The number of aromatic amines is 1. The summed E-state index contributed by atoms with van der Waals surface area (Å²) in [5, 5.41) is 0. The van der Waals surface area contributed by atoms with Gasteiger partial charge in [-0.05, 0) is 24.3 Å². The summed E-state index contributed by atoms with van der Waals surface area (Å²) >= 11 is 0. The molecule has 0 bridgehead atoms. The lowest BCUT2D eigenvalue weighted by Gasteiger charge is -2.04. The van der Waals surface area contributed by atoms with Crippen LogP contribution < -0.4 is 10.5 Å². The summed E-state index contributed by atoms with van der Waals surface area (Å²) in [5.41, 5.74) is 7.76. The van der Waals surface area contributed by atoms with Crippen molar-refractivity contribution in [2.45, 2.75) is 6.42 Å². The predicted molar refractivity (Wildman–Crippen MR) is 80.5 cm³/mol. The quantitative estimate of drug-likeness (QED) is 0.563. The normalized spacial score (nSPS) is 10.4. The van der Waals surface area contributed by atoms with Crippen molar-refractivity contribution in [2.75, 3.05) is 12.3 Å². The third kappa shape index (κ3) is 2.77. The lowest BCUT2D eigenvalue weighted by Crippen LogP contribution is -1.95. The van der Waals surface area contributed by atoms with E-state index in [4.69, 9.17) is 16.9 Å². The molecule has 0 saturated heterocycles. The van der Waals surface area contributed by atoms with Gasteiger partial charge in [0, 0.05) is 12.0 Å². The Bertz CT molecular complexity index is 801. The summed E-state index contributed by atoms with van der Waals surface area (Å²) in [6, 6.07) is 7.58. The molecule has 3 aromatic rings. The van der Waals surface area contributed by atoms with Crippen LogP contribution in [0.15, 0.2) is 30.5 Å². The average molecular weight is 279 g/mol. The molecule has 0 aliphatic rings. The number of ether oxygens (including phenoxy) is 1. The molecule has 0 aliphatic heterocycles. The van der Waals surface area contributed by atoms with Crippen LogP contribution in [0, 0.1) is 12.3 Å². The maximum absolute atomic E-state index is 5.54. The van der Waals surface area contributed by atoms with Gasteiger partial charge in [0.25, 0.3) is 0 Å². The summed E-state index contributed by atoms with van der Waals surface area (Å²) in [7, 11) is 0. The number of nitrogens with zero attached hydrogens (tertiary/aromatic N) is 3. The molecule has 21 heavy (non-hydrogen) atoms. The van der Waals surface area contributed by atoms with Crippen molar-refractivity contribution >= 4 is 17.1 Å². The van der Waals surface area contributed by atoms with E-state index in [1.54, 1.807) is 6.20 Å². The molecule has 0 spiro atoms. The third-order valence-electron chi connectivity index (χ3n) is 2.90. The Balaban J connectivity index is 1.83. The fourth-order valence-electron chi connectivity index (χ4n) is 1.89. The maximum Gasteiger partial charge on any atom is 0.222 e. The second-order valence-electron chi connectivity index (χ2n) is 4.38. The Kier molecular flexibility index (Phi) is 3.39. The third-order valence-corrected chi connectivity index (χ3v) is 2.90. The number of fused-ring (bicyclic) bond motifs is 1. The van der Waals surface area contributed by atoms with Crippen LogP contribution in [0.4, 0.5) is 5.95 Å². The number of H-pyrrole nitrogens is 1. The van der Waals surface area contributed by atoms with Crippen LogP contribution in [0.2, 0.25) is 0 Å². The number of rotatable bonds is 4. The van der Waals surface area contributed by atoms with Crippen molar-refractivity contribution in [3.63, 3.8) is 0 Å². The first-order valence-electron chi connectivity index (χ1n) is 6.41. The van der Waals surface area contributed by atoms with Crippen LogP contribution in [0.5, 0.6) is 5.75 Å². The fraction of sp³-hybridized carbons (Fsp3) is 0.133. The Morgan fingerprint density at radius 1 is 1.24 bits per heavy atom. The van der Waals surface area contributed by atoms with Gasteiger partial charge in [-0.25, -0.2) is 9.97 Å². The van der Waals surface area contributed by atoms with Crippen LogP contribution in [0.1, 0.15) is 6.42 Å². The monoisotopic (exact) mass is 279 g/mol. The van der Waals surface area contributed by atoms with E-state index < -0.39 is 0 Å². The van der Waals surface area contributed by atoms with Gasteiger partial charge >= 0.3 is 0 Å². The fourth-order valence-corrected chi connectivity index (χ4v) is 1.89. The van der Waals surface area contributed by atoms with Crippen molar-refractivity contribution in [1.29, 1.82) is 0 Å². The second-order valence-corrected chi connectivity index (χ2v) is 4.38. The highest BCUT2D eigenvalue weighted by Crippen LogP contribution is 2.22. The van der Waals surface area contributed by atoms with E-state index in [0.29, 0.717) is 24.5 Å². The van der Waals surface area contributed by atoms with Gasteiger partial charge in [0.05, 0.1) is 12.8 Å². The van der Waals surface area contributed by atoms with E-state index >= 15 is 0 Å². The Morgan fingerprint density at radius 2 is 2.05 bits per heavy atom. The van der Waals surface area contributed by atoms with Gasteiger partial charge in [-0.3, -0.25) is 0 Å². The minimum Gasteiger partial charge on any atom is -0.493 e. The molecule has 0 aliphatic carbocycles. The number of imidazole rings is 1. The Hall–Kier alpha value is -3.07. The number of hydrogen-bond acceptors (Lipinski definition) is 5. The minimum atomic E-state index is 0.206. The Morgan fingerprint density at radius 3 is 2.81 bits per heavy atom. The molecule has 0 saturated carbocycles. The summed E-state index contributed by atoms with van der Waals surface area (Å²) < 4.78 is 5.50. The standard InChI is InChI=1S/C15H13N5O/c1-2-3-8-21-11-6-4-10(5-7-11)13-18-12-9-17-15(16)20-14(12)19-13/h1,4-7,9H,3,8H2,(H3,16,17,18,19,20). The molecule has 0 amide bonds. The number of nitrogen functional groups attached to an aromatic ring is 1. The zero-order valence-electron chi connectivity index (χ0n) is 11.2. The molecule has 3 N–H and O–H groups in total. The average Bonchev–Trinajstić information content (AvgIpc) is 2.91. The maximum atomic E-state index is 5.54. The number of benzene rings is 1. The minimum absolute atomic E-state index is 0.206. The van der Waals surface area contributed by atoms with Crippen molar-refractivity contribution < 1.29 is 4.74 Å². The van der Waals surface area contributed by atoms with E-state index in [2.05, 4.69) is 25.9 Å². The van der Waals surface area contributed by atoms with Crippen molar-refractivity contribution in [3.8, 4) is 29.5 Å². The van der Waals surface area contributed by atoms with Crippen molar-refractivity contribution in [3.05, 3.63) is 30.5 Å². The van der Waals surface area contributed by atoms with Gasteiger partial charge in [0.1, 0.15) is 17.1 Å². The smallest absolute Gasteiger partial charge is 0.222 e. The SMILES string of the molecule is C#CCCOc1ccc(-c2nc3nc(N)ncc3[nH]2)cc1. The molecule has 104 valence electrons. The highest BCUT2D eigenvalue weighted by atomic mass is 16.5. The lowest BCUT2D eigenvalue weighted by atomic mass is 10.2. The van der Waals surface area contributed by atoms with Gasteiger partial charge in [0.2, 0.25) is 5.95 Å². The van der Waals surface area contributed by atoms with Gasteiger partial charge < -0.3 is 15.5 Å². The second kappa shape index (κ2) is 5.51. The van der Waals surface area contributed by atoms with E-state index in [1.165, 1.54) is 0 Å². The molecule has 3 rings (SSSR count). The van der Waals surface area contributed by atoms with Gasteiger partial charge in [-0.15, -0.1) is 12.3 Å². The van der Waals surface area contributed by atoms with Gasteiger partial charge in [-0.2, -0.15) is 4.98 Å². The summed E-state index contributed by atoms with van der Waals surface area (Å²) in [6.07, 6.45) is 7.38. The molecule has 6 heteroatoms. The number of aromatic nitrogens is 4. The highest BCUT2D eigenvalue weighted by Gasteiger charge is 2.07. The van der Waals surface area contributed by atoms with E-state index in [1.807, 2.05) is 24.3 Å². The van der Waals surface area contributed by atoms with E-state index in [-0.39, 0.29) is 5.95 Å². The predicted octanol–water partition coefficient (Wildman–Crippen LogP) is 2.00. The number of hydrogen-bond donors (Lipinski definition) is 2. The number of nitrogens with two attached hydrogens (primary N) is 1. The molecule has 2 aromatic heterocycles. The molecule has 0 unspecified atom stereocenters. The molecule has 0 fully saturated rings. The largest absolute Gasteiger partial charge is 0.493 e. The van der Waals surface area contributed by atoms with E-state index in [0.717, 1.165) is 16.8 Å². The summed E-state index contributed by atoms with van der Waals surface area (Å²) in [6.45, 7) is 0.509. The molecule has 0 radical (unpaired) electrons. The van der Waals surface area contributed by atoms with E-state index in [9.17, 15) is 0 Å². The van der Waals surface area contributed by atoms with Crippen LogP contribution in [-0.2, 0) is 0 Å². The zero-order valence-corrected chi connectivity index (χ0v) is 11.2. The van der Waals surface area contributed by atoms with Gasteiger partial charge in [-0.1, -0.05) is 0 Å². The number of anilines is 1. The first kappa shape index (κ1) is 12.9. The first-order chi connectivity index (χ1) is 10.3. The molecule has 2 heterocycles.